The highest BCUT2D eigenvalue weighted by atomic mass is 15.1. The highest BCUT2D eigenvalue weighted by Crippen LogP contribution is 2.33. The van der Waals surface area contributed by atoms with Gasteiger partial charge in [0.1, 0.15) is 0 Å². The Bertz CT molecular complexity index is 932. The Kier molecular flexibility index (Phi) is 3.54. The molecule has 0 saturated carbocycles. The molecule has 1 aromatic carbocycles. The number of aryl methyl sites for hydroxylation is 1. The van der Waals surface area contributed by atoms with Crippen LogP contribution in [-0.2, 0) is 6.42 Å². The van der Waals surface area contributed by atoms with Gasteiger partial charge in [0.15, 0.2) is 0 Å². The van der Waals surface area contributed by atoms with E-state index in [4.69, 9.17) is 0 Å². The topological polar surface area (TPSA) is 63.1 Å². The van der Waals surface area contributed by atoms with E-state index >= 15 is 0 Å². The molecule has 0 atom stereocenters. The first-order valence-electron chi connectivity index (χ1n) is 7.88. The second kappa shape index (κ2) is 5.85. The van der Waals surface area contributed by atoms with Crippen LogP contribution in [-0.4, -0.2) is 20.7 Å². The zero-order valence-corrected chi connectivity index (χ0v) is 13.6. The molecule has 118 valence electrons. The number of rotatable bonds is 3. The van der Waals surface area contributed by atoms with Crippen molar-refractivity contribution in [1.29, 1.82) is 0 Å². The van der Waals surface area contributed by atoms with Crippen LogP contribution < -0.4 is 5.32 Å². The summed E-state index contributed by atoms with van der Waals surface area (Å²) in [5.74, 6) is 0.552. The molecule has 5 nitrogen and oxygen atoms in total. The first-order chi connectivity index (χ1) is 11.7. The molecule has 0 saturated heterocycles. The highest BCUT2D eigenvalue weighted by Gasteiger charge is 2.15. The summed E-state index contributed by atoms with van der Waals surface area (Å²) in [7, 11) is 0. The predicted molar refractivity (Wildman–Crippen MR) is 96.2 cm³/mol. The van der Waals surface area contributed by atoms with Gasteiger partial charge >= 0.3 is 0 Å². The summed E-state index contributed by atoms with van der Waals surface area (Å²) in [6.45, 7) is 4.18. The lowest BCUT2D eigenvalue weighted by Gasteiger charge is -2.10. The largest absolute Gasteiger partial charge is 0.324 e. The second-order valence-electron chi connectivity index (χ2n) is 5.92. The summed E-state index contributed by atoms with van der Waals surface area (Å²) in [5.41, 5.74) is 7.29. The van der Waals surface area contributed by atoms with Crippen molar-refractivity contribution in [3.63, 3.8) is 0 Å². The number of aliphatic imine (C=N–C) groups is 1. The lowest BCUT2D eigenvalue weighted by Crippen LogP contribution is -1.99. The van der Waals surface area contributed by atoms with Gasteiger partial charge in [0.2, 0.25) is 5.95 Å². The maximum Gasteiger partial charge on any atom is 0.227 e. The number of nitrogens with one attached hydrogen (secondary N) is 1. The van der Waals surface area contributed by atoms with Crippen LogP contribution in [0.1, 0.15) is 18.1 Å². The molecule has 24 heavy (non-hydrogen) atoms. The average molecular weight is 315 g/mol. The monoisotopic (exact) mass is 315 g/mol. The maximum absolute atomic E-state index is 4.61. The van der Waals surface area contributed by atoms with E-state index in [0.29, 0.717) is 5.95 Å². The molecule has 1 N–H and O–H groups in total. The number of fused-ring (bicyclic) bond motifs is 1. The number of aromatic nitrogens is 3. The standard InChI is InChI=1S/C19H17N5/c1-12-9-14(11-18-15(12)10-13(2)22-18)23-19-21-8-6-17(24-19)16-5-3-4-7-20-16/h3-9,11H,10H2,1-2H3,(H,21,23,24). The first-order valence-corrected chi connectivity index (χ1v) is 7.88. The molecule has 0 aliphatic carbocycles. The maximum atomic E-state index is 4.61. The third kappa shape index (κ3) is 2.76. The summed E-state index contributed by atoms with van der Waals surface area (Å²) >= 11 is 0. The van der Waals surface area contributed by atoms with E-state index in [2.05, 4.69) is 51.2 Å². The molecule has 5 heteroatoms. The number of benzene rings is 1. The lowest BCUT2D eigenvalue weighted by molar-refractivity contribution is 1.15. The van der Waals surface area contributed by atoms with Crippen molar-refractivity contribution in [3.8, 4) is 11.4 Å². The zero-order valence-electron chi connectivity index (χ0n) is 13.6. The molecule has 0 bridgehead atoms. The minimum Gasteiger partial charge on any atom is -0.324 e. The van der Waals surface area contributed by atoms with Gasteiger partial charge in [-0.25, -0.2) is 9.97 Å². The molecule has 1 aliphatic heterocycles. The van der Waals surface area contributed by atoms with Gasteiger partial charge < -0.3 is 5.32 Å². The summed E-state index contributed by atoms with van der Waals surface area (Å²) in [6.07, 6.45) is 4.43. The summed E-state index contributed by atoms with van der Waals surface area (Å²) in [4.78, 5) is 17.8. The molecule has 2 aromatic heterocycles. The van der Waals surface area contributed by atoms with Crippen LogP contribution in [0.15, 0.2) is 53.8 Å². The third-order valence-corrected chi connectivity index (χ3v) is 4.03. The summed E-state index contributed by atoms with van der Waals surface area (Å²) in [5, 5.41) is 3.28. The van der Waals surface area contributed by atoms with E-state index in [9.17, 15) is 0 Å². The SMILES string of the molecule is CC1=Nc2cc(Nc3nccc(-c4ccccn4)n3)cc(C)c2C1. The first kappa shape index (κ1) is 14.5. The molecule has 3 aromatic rings. The van der Waals surface area contributed by atoms with Crippen molar-refractivity contribution in [2.45, 2.75) is 20.3 Å². The van der Waals surface area contributed by atoms with E-state index in [1.54, 1.807) is 12.4 Å². The van der Waals surface area contributed by atoms with E-state index in [-0.39, 0.29) is 0 Å². The molecular weight excluding hydrogens is 298 g/mol. The molecule has 1 aliphatic rings. The summed E-state index contributed by atoms with van der Waals surface area (Å²) in [6, 6.07) is 11.8. The van der Waals surface area contributed by atoms with Gasteiger partial charge in [-0.1, -0.05) is 6.07 Å². The average Bonchev–Trinajstić information content (AvgIpc) is 2.97. The number of anilines is 2. The molecule has 3 heterocycles. The highest BCUT2D eigenvalue weighted by molar-refractivity contribution is 5.93. The van der Waals surface area contributed by atoms with Crippen LogP contribution in [0.5, 0.6) is 0 Å². The fourth-order valence-electron chi connectivity index (χ4n) is 2.91. The van der Waals surface area contributed by atoms with Crippen molar-refractivity contribution < 1.29 is 0 Å². The Morgan fingerprint density at radius 3 is 2.71 bits per heavy atom. The molecule has 0 radical (unpaired) electrons. The third-order valence-electron chi connectivity index (χ3n) is 4.03. The Hall–Kier alpha value is -3.08. The fraction of sp³-hybridized carbons (Fsp3) is 0.158. The molecule has 0 unspecified atom stereocenters. The van der Waals surface area contributed by atoms with Crippen LogP contribution >= 0.6 is 0 Å². The van der Waals surface area contributed by atoms with Gasteiger partial charge in [-0.2, -0.15) is 0 Å². The van der Waals surface area contributed by atoms with E-state index in [1.165, 1.54) is 11.1 Å². The smallest absolute Gasteiger partial charge is 0.227 e. The number of hydrogen-bond acceptors (Lipinski definition) is 5. The molecule has 0 fully saturated rings. The van der Waals surface area contributed by atoms with Crippen LogP contribution in [0.25, 0.3) is 11.4 Å². The van der Waals surface area contributed by atoms with Gasteiger partial charge in [-0.3, -0.25) is 9.98 Å². The fourth-order valence-corrected chi connectivity index (χ4v) is 2.91. The molecule has 0 spiro atoms. The van der Waals surface area contributed by atoms with Crippen molar-refractivity contribution in [2.24, 2.45) is 4.99 Å². The Morgan fingerprint density at radius 1 is 0.958 bits per heavy atom. The van der Waals surface area contributed by atoms with Gasteiger partial charge in [0, 0.05) is 30.2 Å². The quantitative estimate of drug-likeness (QED) is 0.785. The van der Waals surface area contributed by atoms with Crippen molar-refractivity contribution in [3.05, 3.63) is 59.9 Å². The van der Waals surface area contributed by atoms with Crippen molar-refractivity contribution in [1.82, 2.24) is 15.0 Å². The Labute approximate surface area is 140 Å². The summed E-state index contributed by atoms with van der Waals surface area (Å²) < 4.78 is 0. The molecule has 0 amide bonds. The van der Waals surface area contributed by atoms with Gasteiger partial charge in [-0.05, 0) is 55.3 Å². The van der Waals surface area contributed by atoms with Crippen LogP contribution in [0.3, 0.4) is 0 Å². The Balaban J connectivity index is 1.65. The van der Waals surface area contributed by atoms with Gasteiger partial charge in [-0.15, -0.1) is 0 Å². The van der Waals surface area contributed by atoms with Crippen LogP contribution in [0.2, 0.25) is 0 Å². The van der Waals surface area contributed by atoms with E-state index < -0.39 is 0 Å². The molecular formula is C19H17N5. The zero-order chi connectivity index (χ0) is 16.5. The van der Waals surface area contributed by atoms with Crippen LogP contribution in [0, 0.1) is 6.92 Å². The van der Waals surface area contributed by atoms with Crippen molar-refractivity contribution in [2.75, 3.05) is 5.32 Å². The van der Waals surface area contributed by atoms with Crippen molar-refractivity contribution >= 4 is 23.0 Å². The predicted octanol–water partition coefficient (Wildman–Crippen LogP) is 4.24. The minimum atomic E-state index is 0.552. The number of hydrogen-bond donors (Lipinski definition) is 1. The molecule has 4 rings (SSSR count). The minimum absolute atomic E-state index is 0.552. The second-order valence-corrected chi connectivity index (χ2v) is 5.92. The normalized spacial score (nSPS) is 12.7. The number of nitrogens with zero attached hydrogens (tertiary/aromatic N) is 4. The Morgan fingerprint density at radius 2 is 1.88 bits per heavy atom. The van der Waals surface area contributed by atoms with Gasteiger partial charge in [0.25, 0.3) is 0 Å². The van der Waals surface area contributed by atoms with Crippen LogP contribution in [0.4, 0.5) is 17.3 Å². The van der Waals surface area contributed by atoms with E-state index in [0.717, 1.165) is 34.9 Å². The van der Waals surface area contributed by atoms with E-state index in [1.807, 2.05) is 24.3 Å². The number of pyridine rings is 1. The van der Waals surface area contributed by atoms with Gasteiger partial charge in [0.05, 0.1) is 17.1 Å². The lowest BCUT2D eigenvalue weighted by atomic mass is 10.0.